The van der Waals surface area contributed by atoms with Gasteiger partial charge in [0, 0.05) is 29.9 Å². The van der Waals surface area contributed by atoms with Crippen LogP contribution in [0.25, 0.3) is 0 Å². The van der Waals surface area contributed by atoms with Crippen molar-refractivity contribution < 1.29 is 19.1 Å². The quantitative estimate of drug-likeness (QED) is 0.515. The van der Waals surface area contributed by atoms with Gasteiger partial charge in [-0.2, -0.15) is 0 Å². The van der Waals surface area contributed by atoms with Gasteiger partial charge < -0.3 is 14.2 Å². The zero-order chi connectivity index (χ0) is 20.8. The first kappa shape index (κ1) is 21.4. The van der Waals surface area contributed by atoms with Crippen molar-refractivity contribution in [1.29, 1.82) is 0 Å². The monoisotopic (exact) mass is 384 g/mol. The Morgan fingerprint density at radius 3 is 2.21 bits per heavy atom. The van der Waals surface area contributed by atoms with Crippen molar-refractivity contribution >= 4 is 17.7 Å². The minimum atomic E-state index is -0.434. The van der Waals surface area contributed by atoms with Gasteiger partial charge in [0.25, 0.3) is 5.91 Å². The molecule has 1 aromatic heterocycles. The summed E-state index contributed by atoms with van der Waals surface area (Å²) in [6.07, 6.45) is 0. The van der Waals surface area contributed by atoms with Gasteiger partial charge in [0.05, 0.1) is 13.2 Å². The van der Waals surface area contributed by atoms with Crippen LogP contribution in [-0.4, -0.2) is 46.8 Å². The Hall–Kier alpha value is -2.89. The summed E-state index contributed by atoms with van der Waals surface area (Å²) in [6.45, 7) is 10.3. The number of ketones is 1. The molecular weight excluding hydrogens is 356 g/mol. The van der Waals surface area contributed by atoms with Crippen LogP contribution in [0.1, 0.15) is 63.2 Å². The van der Waals surface area contributed by atoms with Gasteiger partial charge in [-0.15, -0.1) is 0 Å². The Labute approximate surface area is 166 Å². The van der Waals surface area contributed by atoms with Crippen molar-refractivity contribution in [3.8, 4) is 0 Å². The molecule has 0 saturated heterocycles. The molecule has 2 rings (SSSR count). The molecule has 6 nitrogen and oxygen atoms in total. The first-order valence-electron chi connectivity index (χ1n) is 9.61. The molecule has 0 saturated carbocycles. The van der Waals surface area contributed by atoms with E-state index in [4.69, 9.17) is 4.74 Å². The second-order valence-electron chi connectivity index (χ2n) is 6.51. The van der Waals surface area contributed by atoms with Crippen molar-refractivity contribution in [2.24, 2.45) is 0 Å². The Bertz CT molecular complexity index is 868. The number of hydrogen-bond acceptors (Lipinski definition) is 4. The number of benzene rings is 1. The minimum Gasteiger partial charge on any atom is -0.461 e. The first-order chi connectivity index (χ1) is 13.4. The Morgan fingerprint density at radius 2 is 1.68 bits per heavy atom. The average Bonchev–Trinajstić information content (AvgIpc) is 2.95. The Balaban J connectivity index is 2.35. The number of carbonyl (C=O) groups excluding carboxylic acids is 3. The second-order valence-corrected chi connectivity index (χ2v) is 6.51. The fraction of sp³-hybridized carbons (Fsp3) is 0.409. The highest BCUT2D eigenvalue weighted by Gasteiger charge is 2.28. The highest BCUT2D eigenvalue weighted by atomic mass is 16.5. The molecule has 0 fully saturated rings. The summed E-state index contributed by atoms with van der Waals surface area (Å²) < 4.78 is 6.96. The van der Waals surface area contributed by atoms with E-state index in [-0.39, 0.29) is 24.8 Å². The number of rotatable bonds is 8. The van der Waals surface area contributed by atoms with Crippen molar-refractivity contribution in [2.75, 3.05) is 19.7 Å². The predicted molar refractivity (Wildman–Crippen MR) is 108 cm³/mol. The maximum absolute atomic E-state index is 13.1. The lowest BCUT2D eigenvalue weighted by Gasteiger charge is -2.20. The molecule has 0 aliphatic rings. The molecule has 0 atom stereocenters. The number of hydrogen-bond donors (Lipinski definition) is 0. The summed E-state index contributed by atoms with van der Waals surface area (Å²) in [6, 6.07) is 8.90. The van der Waals surface area contributed by atoms with Gasteiger partial charge in [-0.05, 0) is 52.3 Å². The van der Waals surface area contributed by atoms with Gasteiger partial charge in [-0.25, -0.2) is 4.79 Å². The highest BCUT2D eigenvalue weighted by molar-refractivity contribution is 6.06. The number of amides is 1. The van der Waals surface area contributed by atoms with E-state index < -0.39 is 5.97 Å². The largest absolute Gasteiger partial charge is 0.461 e. The normalized spacial score (nSPS) is 10.6. The number of aromatic nitrogens is 1. The number of nitrogens with zero attached hydrogens (tertiary/aromatic N) is 2. The number of carbonyl (C=O) groups is 3. The predicted octanol–water partition coefficient (Wildman–Crippen LogP) is 3.65. The van der Waals surface area contributed by atoms with Crippen LogP contribution in [0.2, 0.25) is 0 Å². The smallest absolute Gasteiger partial charge is 0.355 e. The van der Waals surface area contributed by atoms with Gasteiger partial charge in [0.1, 0.15) is 5.69 Å². The maximum Gasteiger partial charge on any atom is 0.355 e. The van der Waals surface area contributed by atoms with Gasteiger partial charge in [0.2, 0.25) is 0 Å². The van der Waals surface area contributed by atoms with Crippen LogP contribution < -0.4 is 0 Å². The number of likely N-dealkylation sites (N-methyl/N-ethyl adjacent to an activating group) is 1. The highest BCUT2D eigenvalue weighted by Crippen LogP contribution is 2.24. The van der Waals surface area contributed by atoms with Crippen LogP contribution in [-0.2, 0) is 11.3 Å². The number of ether oxygens (including phenoxy) is 1. The average molecular weight is 384 g/mol. The molecule has 28 heavy (non-hydrogen) atoms. The standard InChI is InChI=1S/C22H28N2O4/c1-6-23(21(26)17-12-10-9-11-13-17)14-18(25)19-15(4)20(22(27)28-8-3)24(7-2)16(19)5/h9-13H,6-8,14H2,1-5H3. The molecular formula is C22H28N2O4. The third-order valence-electron chi connectivity index (χ3n) is 4.85. The molecule has 0 spiro atoms. The minimum absolute atomic E-state index is 0.0398. The lowest BCUT2D eigenvalue weighted by molar-refractivity contribution is 0.0512. The molecule has 0 bridgehead atoms. The zero-order valence-corrected chi connectivity index (χ0v) is 17.2. The van der Waals surface area contributed by atoms with E-state index in [1.807, 2.05) is 26.8 Å². The van der Waals surface area contributed by atoms with E-state index in [1.165, 1.54) is 4.90 Å². The zero-order valence-electron chi connectivity index (χ0n) is 17.2. The van der Waals surface area contributed by atoms with Gasteiger partial charge in [-0.3, -0.25) is 9.59 Å². The summed E-state index contributed by atoms with van der Waals surface area (Å²) in [5.41, 5.74) is 2.76. The van der Waals surface area contributed by atoms with Crippen LogP contribution in [0.3, 0.4) is 0 Å². The molecule has 0 aliphatic carbocycles. The second kappa shape index (κ2) is 9.35. The third kappa shape index (κ3) is 4.16. The first-order valence-corrected chi connectivity index (χ1v) is 9.61. The van der Waals surface area contributed by atoms with E-state index in [1.54, 1.807) is 42.7 Å². The summed E-state index contributed by atoms with van der Waals surface area (Å²) in [7, 11) is 0. The number of esters is 1. The molecule has 0 radical (unpaired) electrons. The van der Waals surface area contributed by atoms with Crippen molar-refractivity contribution in [2.45, 2.75) is 41.2 Å². The van der Waals surface area contributed by atoms with E-state index in [9.17, 15) is 14.4 Å². The lowest BCUT2D eigenvalue weighted by Crippen LogP contribution is -2.35. The van der Waals surface area contributed by atoms with Gasteiger partial charge >= 0.3 is 5.97 Å². The van der Waals surface area contributed by atoms with Crippen LogP contribution in [0.15, 0.2) is 30.3 Å². The van der Waals surface area contributed by atoms with Crippen LogP contribution in [0, 0.1) is 13.8 Å². The molecule has 0 N–H and O–H groups in total. The van der Waals surface area contributed by atoms with E-state index in [0.717, 1.165) is 5.69 Å². The molecule has 2 aromatic rings. The van der Waals surface area contributed by atoms with Crippen LogP contribution in [0.5, 0.6) is 0 Å². The molecule has 150 valence electrons. The van der Waals surface area contributed by atoms with E-state index in [0.29, 0.717) is 35.5 Å². The third-order valence-corrected chi connectivity index (χ3v) is 4.85. The van der Waals surface area contributed by atoms with E-state index in [2.05, 4.69) is 0 Å². The topological polar surface area (TPSA) is 68.6 Å². The maximum atomic E-state index is 13.1. The van der Waals surface area contributed by atoms with Crippen molar-refractivity contribution in [1.82, 2.24) is 9.47 Å². The summed E-state index contributed by atoms with van der Waals surface area (Å²) in [5, 5.41) is 0. The molecule has 1 aromatic carbocycles. The summed E-state index contributed by atoms with van der Waals surface area (Å²) in [5.74, 6) is -0.803. The van der Waals surface area contributed by atoms with Crippen molar-refractivity contribution in [3.05, 3.63) is 58.4 Å². The van der Waals surface area contributed by atoms with Crippen LogP contribution in [0.4, 0.5) is 0 Å². The van der Waals surface area contributed by atoms with Gasteiger partial charge in [0.15, 0.2) is 5.78 Å². The molecule has 0 aliphatic heterocycles. The fourth-order valence-electron chi connectivity index (χ4n) is 3.51. The van der Waals surface area contributed by atoms with Gasteiger partial charge in [-0.1, -0.05) is 18.2 Å². The van der Waals surface area contributed by atoms with Crippen molar-refractivity contribution in [3.63, 3.8) is 0 Å². The number of Topliss-reactive ketones (excluding diaryl/α,β-unsaturated/α-hetero) is 1. The lowest BCUT2D eigenvalue weighted by atomic mass is 10.0. The molecule has 1 heterocycles. The SMILES string of the molecule is CCOC(=O)c1c(C)c(C(=O)CN(CC)C(=O)c2ccccc2)c(C)n1CC. The molecule has 6 heteroatoms. The Kier molecular flexibility index (Phi) is 7.15. The summed E-state index contributed by atoms with van der Waals surface area (Å²) >= 11 is 0. The fourth-order valence-corrected chi connectivity index (χ4v) is 3.51. The Morgan fingerprint density at radius 1 is 1.04 bits per heavy atom. The summed E-state index contributed by atoms with van der Waals surface area (Å²) in [4.78, 5) is 39.7. The molecule has 1 amide bonds. The molecule has 0 unspecified atom stereocenters. The van der Waals surface area contributed by atoms with E-state index >= 15 is 0 Å². The van der Waals surface area contributed by atoms with Crippen LogP contribution >= 0.6 is 0 Å².